The Morgan fingerprint density at radius 3 is 2.00 bits per heavy atom. The first kappa shape index (κ1) is 11.3. The zero-order chi connectivity index (χ0) is 9.99. The smallest absolute Gasteiger partial charge is 0.356 e. The van der Waals surface area contributed by atoms with Crippen molar-refractivity contribution < 1.29 is 18.0 Å². The summed E-state index contributed by atoms with van der Waals surface area (Å²) in [5.41, 5.74) is -2.30. The number of carbonyl (C=O) groups excluding carboxylic acids is 1. The number of halogens is 3. The van der Waals surface area contributed by atoms with E-state index in [1.54, 1.807) is 6.92 Å². The Morgan fingerprint density at radius 2 is 1.75 bits per heavy atom. The largest absolute Gasteiger partial charge is 0.402 e. The molecule has 0 saturated heterocycles. The fraction of sp³-hybridized carbons (Fsp3) is 0.857. The van der Waals surface area contributed by atoms with Gasteiger partial charge in [0.05, 0.1) is 0 Å². The Morgan fingerprint density at radius 1 is 1.33 bits per heavy atom. The van der Waals surface area contributed by atoms with Gasteiger partial charge in [0.1, 0.15) is 5.41 Å². The third kappa shape index (κ3) is 2.12. The molecule has 12 heavy (non-hydrogen) atoms. The quantitative estimate of drug-likeness (QED) is 0.693. The highest BCUT2D eigenvalue weighted by atomic mass is 19.4. The Bertz CT molecular complexity index is 174. The first-order chi connectivity index (χ1) is 5.23. The maximum atomic E-state index is 12.1. The first-order valence-electron chi connectivity index (χ1n) is 3.58. The monoisotopic (exact) mass is 183 g/mol. The zero-order valence-electron chi connectivity index (χ0n) is 7.25. The van der Waals surface area contributed by atoms with Crippen LogP contribution in [-0.4, -0.2) is 18.6 Å². The number of nitrogens with one attached hydrogen (secondary N) is 1. The minimum Gasteiger partial charge on any atom is -0.356 e. The highest BCUT2D eigenvalue weighted by Gasteiger charge is 2.52. The van der Waals surface area contributed by atoms with E-state index in [1.807, 2.05) is 0 Å². The van der Waals surface area contributed by atoms with Gasteiger partial charge in [-0.05, 0) is 20.8 Å². The molecule has 0 aromatic carbocycles. The van der Waals surface area contributed by atoms with Crippen LogP contribution in [0.1, 0.15) is 20.8 Å². The lowest BCUT2D eigenvalue weighted by Gasteiger charge is -2.25. The van der Waals surface area contributed by atoms with E-state index in [0.717, 1.165) is 13.8 Å². The van der Waals surface area contributed by atoms with Gasteiger partial charge < -0.3 is 5.32 Å². The third-order valence-electron chi connectivity index (χ3n) is 1.61. The highest BCUT2D eigenvalue weighted by molar-refractivity contribution is 5.82. The lowest BCUT2D eigenvalue weighted by molar-refractivity contribution is -0.211. The molecule has 2 nitrogen and oxygen atoms in total. The molecule has 0 aliphatic carbocycles. The molecular weight excluding hydrogens is 171 g/mol. The van der Waals surface area contributed by atoms with Crippen molar-refractivity contribution in [3.8, 4) is 0 Å². The SMILES string of the molecule is CCNC(=O)C(C)(C)C(F)(F)F. The Labute approximate surface area is 69.1 Å². The number of amides is 1. The summed E-state index contributed by atoms with van der Waals surface area (Å²) < 4.78 is 36.4. The second-order valence-electron chi connectivity index (χ2n) is 2.98. The molecule has 0 bridgehead atoms. The van der Waals surface area contributed by atoms with Crippen LogP contribution in [0.5, 0.6) is 0 Å². The average Bonchev–Trinajstić information content (AvgIpc) is 1.85. The molecule has 0 aromatic rings. The minimum atomic E-state index is -4.49. The summed E-state index contributed by atoms with van der Waals surface area (Å²) in [4.78, 5) is 10.9. The third-order valence-corrected chi connectivity index (χ3v) is 1.61. The Kier molecular flexibility index (Phi) is 3.12. The van der Waals surface area contributed by atoms with E-state index in [-0.39, 0.29) is 6.54 Å². The number of carbonyl (C=O) groups is 1. The van der Waals surface area contributed by atoms with Crippen LogP contribution in [0.15, 0.2) is 0 Å². The molecule has 0 atom stereocenters. The fourth-order valence-corrected chi connectivity index (χ4v) is 0.510. The molecule has 72 valence electrons. The first-order valence-corrected chi connectivity index (χ1v) is 3.58. The fourth-order valence-electron chi connectivity index (χ4n) is 0.510. The van der Waals surface area contributed by atoms with Crippen molar-refractivity contribution in [2.45, 2.75) is 26.9 Å². The predicted octanol–water partition coefficient (Wildman–Crippen LogP) is 1.71. The van der Waals surface area contributed by atoms with E-state index in [2.05, 4.69) is 5.32 Å². The molecule has 0 saturated carbocycles. The average molecular weight is 183 g/mol. The topological polar surface area (TPSA) is 29.1 Å². The van der Waals surface area contributed by atoms with Crippen LogP contribution >= 0.6 is 0 Å². The van der Waals surface area contributed by atoms with Crippen molar-refractivity contribution in [2.24, 2.45) is 5.41 Å². The molecule has 0 heterocycles. The van der Waals surface area contributed by atoms with Gasteiger partial charge in [-0.15, -0.1) is 0 Å². The molecule has 1 N–H and O–H groups in total. The summed E-state index contributed by atoms with van der Waals surface area (Å²) >= 11 is 0. The van der Waals surface area contributed by atoms with E-state index >= 15 is 0 Å². The summed E-state index contributed by atoms with van der Waals surface area (Å²) in [6.45, 7) is 3.50. The van der Waals surface area contributed by atoms with Crippen molar-refractivity contribution in [1.82, 2.24) is 5.32 Å². The molecule has 0 aromatic heterocycles. The molecule has 0 radical (unpaired) electrons. The molecule has 1 amide bonds. The van der Waals surface area contributed by atoms with Crippen molar-refractivity contribution >= 4 is 5.91 Å². The van der Waals surface area contributed by atoms with Crippen LogP contribution in [0.25, 0.3) is 0 Å². The maximum Gasteiger partial charge on any atom is 0.402 e. The van der Waals surface area contributed by atoms with Gasteiger partial charge in [-0.2, -0.15) is 13.2 Å². The molecule has 0 unspecified atom stereocenters. The summed E-state index contributed by atoms with van der Waals surface area (Å²) in [5.74, 6) is -0.988. The normalized spacial score (nSPS) is 12.8. The lowest BCUT2D eigenvalue weighted by atomic mass is 9.91. The van der Waals surface area contributed by atoms with Gasteiger partial charge in [-0.3, -0.25) is 4.79 Å². The van der Waals surface area contributed by atoms with Crippen LogP contribution in [0, 0.1) is 5.41 Å². The number of alkyl halides is 3. The molecule has 0 rings (SSSR count). The van der Waals surface area contributed by atoms with E-state index in [1.165, 1.54) is 0 Å². The Hall–Kier alpha value is -0.740. The van der Waals surface area contributed by atoms with Gasteiger partial charge >= 0.3 is 6.18 Å². The van der Waals surface area contributed by atoms with Crippen molar-refractivity contribution in [2.75, 3.05) is 6.54 Å². The molecule has 0 spiro atoms. The van der Waals surface area contributed by atoms with Gasteiger partial charge in [0.15, 0.2) is 0 Å². The van der Waals surface area contributed by atoms with Crippen LogP contribution < -0.4 is 5.32 Å². The van der Waals surface area contributed by atoms with Gasteiger partial charge in [0.2, 0.25) is 5.91 Å². The number of rotatable bonds is 2. The molecular formula is C7H12F3NO. The predicted molar refractivity (Wildman–Crippen MR) is 38.5 cm³/mol. The van der Waals surface area contributed by atoms with Crippen molar-refractivity contribution in [3.63, 3.8) is 0 Å². The van der Waals surface area contributed by atoms with Crippen LogP contribution in [0.3, 0.4) is 0 Å². The van der Waals surface area contributed by atoms with E-state index in [9.17, 15) is 18.0 Å². The second kappa shape index (κ2) is 3.33. The molecule has 5 heteroatoms. The molecule has 0 aliphatic rings. The summed E-state index contributed by atoms with van der Waals surface area (Å²) in [5, 5.41) is 2.13. The zero-order valence-corrected chi connectivity index (χ0v) is 7.25. The highest BCUT2D eigenvalue weighted by Crippen LogP contribution is 2.37. The van der Waals surface area contributed by atoms with Gasteiger partial charge in [0, 0.05) is 6.54 Å². The standard InChI is InChI=1S/C7H12F3NO/c1-4-11-5(12)6(2,3)7(8,9)10/h4H2,1-3H3,(H,11,12). The minimum absolute atomic E-state index is 0.207. The van der Waals surface area contributed by atoms with Crippen LogP contribution in [-0.2, 0) is 4.79 Å². The maximum absolute atomic E-state index is 12.1. The lowest BCUT2D eigenvalue weighted by Crippen LogP contribution is -2.46. The summed E-state index contributed by atoms with van der Waals surface area (Å²) in [6.07, 6.45) is -4.49. The second-order valence-corrected chi connectivity index (χ2v) is 2.98. The number of hydrogen-bond acceptors (Lipinski definition) is 1. The van der Waals surface area contributed by atoms with E-state index in [4.69, 9.17) is 0 Å². The molecule has 0 fully saturated rings. The van der Waals surface area contributed by atoms with E-state index < -0.39 is 17.5 Å². The summed E-state index contributed by atoms with van der Waals surface area (Å²) in [7, 11) is 0. The van der Waals surface area contributed by atoms with Crippen LogP contribution in [0.4, 0.5) is 13.2 Å². The van der Waals surface area contributed by atoms with Gasteiger partial charge in [0.25, 0.3) is 0 Å². The molecule has 0 aliphatic heterocycles. The van der Waals surface area contributed by atoms with Gasteiger partial charge in [-0.25, -0.2) is 0 Å². The van der Waals surface area contributed by atoms with E-state index in [0.29, 0.717) is 0 Å². The summed E-state index contributed by atoms with van der Waals surface area (Å²) in [6, 6.07) is 0. The van der Waals surface area contributed by atoms with Crippen molar-refractivity contribution in [1.29, 1.82) is 0 Å². The van der Waals surface area contributed by atoms with Crippen LogP contribution in [0.2, 0.25) is 0 Å². The number of hydrogen-bond donors (Lipinski definition) is 1. The van der Waals surface area contributed by atoms with Crippen molar-refractivity contribution in [3.05, 3.63) is 0 Å². The van der Waals surface area contributed by atoms with Gasteiger partial charge in [-0.1, -0.05) is 0 Å². The Balaban J connectivity index is 4.50.